The molecule has 4 heterocycles. The molecule has 0 N–H and O–H groups in total. The van der Waals surface area contributed by atoms with Crippen LogP contribution in [0.1, 0.15) is 0 Å². The van der Waals surface area contributed by atoms with Gasteiger partial charge in [-0.05, 0) is 93.5 Å². The van der Waals surface area contributed by atoms with Gasteiger partial charge in [-0.1, -0.05) is 158 Å². The first kappa shape index (κ1) is 36.9. The zero-order valence-corrected chi connectivity index (χ0v) is 37.8. The minimum atomic E-state index is -2.94. The summed E-state index contributed by atoms with van der Waals surface area (Å²) in [7, 11) is -2.94. The highest BCUT2D eigenvalue weighted by Crippen LogP contribution is 2.40. The van der Waals surface area contributed by atoms with Gasteiger partial charge in [0.2, 0.25) is 0 Å². The van der Waals surface area contributed by atoms with E-state index in [0.717, 1.165) is 0 Å². The van der Waals surface area contributed by atoms with Crippen LogP contribution >= 0.6 is 22.7 Å². The molecule has 14 aromatic rings. The molecule has 14 rings (SSSR count). The van der Waals surface area contributed by atoms with Crippen LogP contribution in [0.25, 0.3) is 95.3 Å². The molecule has 0 amide bonds. The second-order valence-corrected chi connectivity index (χ2v) is 23.2. The van der Waals surface area contributed by atoms with Crippen molar-refractivity contribution in [3.8, 4) is 11.4 Å². The van der Waals surface area contributed by atoms with Gasteiger partial charge >= 0.3 is 0 Å². The third-order valence-electron chi connectivity index (χ3n) is 13.9. The summed E-state index contributed by atoms with van der Waals surface area (Å²) in [5.41, 5.74) is 7.28. The average Bonchev–Trinajstić information content (AvgIpc) is 4.12. The fourth-order valence-corrected chi connectivity index (χ4v) is 18.0. The van der Waals surface area contributed by atoms with Gasteiger partial charge in [-0.2, -0.15) is 0 Å². The lowest BCUT2D eigenvalue weighted by atomic mass is 10.1. The number of rotatable bonds is 6. The van der Waals surface area contributed by atoms with Crippen LogP contribution < -0.4 is 20.7 Å². The lowest BCUT2D eigenvalue weighted by Gasteiger charge is -2.34. The Bertz CT molecular complexity index is 3810. The molecule has 0 unspecified atom stereocenters. The van der Waals surface area contributed by atoms with E-state index < -0.39 is 8.07 Å². The quantitative estimate of drug-likeness (QED) is 0.116. The summed E-state index contributed by atoms with van der Waals surface area (Å²) < 4.78 is 10.1. The summed E-state index contributed by atoms with van der Waals surface area (Å²) >= 11 is 3.79. The number of aromatic nitrogens is 2. The molecular weight excluding hydrogens is 841 g/mol. The zero-order chi connectivity index (χ0) is 42.6. The molecule has 0 bridgehead atoms. The number of para-hydroxylation sites is 4. The molecule has 0 saturated heterocycles. The monoisotopic (exact) mass is 878 g/mol. The highest BCUT2D eigenvalue weighted by atomic mass is 32.1. The maximum atomic E-state index is 2.56. The van der Waals surface area contributed by atoms with E-state index in [1.54, 1.807) is 0 Å². The fraction of sp³-hybridized carbons (Fsp3) is 0. The Morgan fingerprint density at radius 2 is 0.554 bits per heavy atom. The van der Waals surface area contributed by atoms with Crippen molar-refractivity contribution < 1.29 is 0 Å². The molecule has 65 heavy (non-hydrogen) atoms. The Morgan fingerprint density at radius 1 is 0.246 bits per heavy atom. The van der Waals surface area contributed by atoms with Gasteiger partial charge in [-0.3, -0.25) is 0 Å². The molecule has 0 radical (unpaired) electrons. The van der Waals surface area contributed by atoms with Crippen molar-refractivity contribution in [1.82, 2.24) is 9.13 Å². The van der Waals surface area contributed by atoms with Crippen molar-refractivity contribution in [3.05, 3.63) is 231 Å². The van der Waals surface area contributed by atoms with E-state index in [-0.39, 0.29) is 0 Å². The van der Waals surface area contributed by atoms with Crippen LogP contribution in [0.4, 0.5) is 0 Å². The first-order valence-corrected chi connectivity index (χ1v) is 25.9. The number of fused-ring (bicyclic) bond motifs is 12. The first-order chi connectivity index (χ1) is 32.2. The summed E-state index contributed by atoms with van der Waals surface area (Å²) in [4.78, 5) is 0. The maximum Gasteiger partial charge on any atom is 0.179 e. The Balaban J connectivity index is 1.02. The molecule has 5 heteroatoms. The molecular formula is C60H38N2S2Si. The van der Waals surface area contributed by atoms with Crippen LogP contribution in [0.3, 0.4) is 0 Å². The zero-order valence-electron chi connectivity index (χ0n) is 35.2. The summed E-state index contributed by atoms with van der Waals surface area (Å²) in [5.74, 6) is 0. The molecule has 0 spiro atoms. The predicted octanol–water partition coefficient (Wildman–Crippen LogP) is 14.0. The summed E-state index contributed by atoms with van der Waals surface area (Å²) in [6.45, 7) is 0. The largest absolute Gasteiger partial charge is 0.309 e. The van der Waals surface area contributed by atoms with Crippen LogP contribution in [-0.4, -0.2) is 17.2 Å². The minimum Gasteiger partial charge on any atom is -0.309 e. The Morgan fingerprint density at radius 3 is 0.923 bits per heavy atom. The number of benzene rings is 10. The van der Waals surface area contributed by atoms with Gasteiger partial charge in [0, 0.05) is 73.3 Å². The normalized spacial score (nSPS) is 12.3. The van der Waals surface area contributed by atoms with Gasteiger partial charge in [-0.25, -0.2) is 0 Å². The number of nitrogens with zero attached hydrogens (tertiary/aromatic N) is 2. The molecule has 10 aromatic carbocycles. The lowest BCUT2D eigenvalue weighted by molar-refractivity contribution is 1.19. The van der Waals surface area contributed by atoms with E-state index in [4.69, 9.17) is 0 Å². The highest BCUT2D eigenvalue weighted by molar-refractivity contribution is 7.26. The van der Waals surface area contributed by atoms with Gasteiger partial charge in [0.25, 0.3) is 0 Å². The van der Waals surface area contributed by atoms with E-state index >= 15 is 0 Å². The lowest BCUT2D eigenvalue weighted by Crippen LogP contribution is -2.74. The van der Waals surface area contributed by atoms with Crippen molar-refractivity contribution in [2.75, 3.05) is 0 Å². The van der Waals surface area contributed by atoms with Crippen LogP contribution in [-0.2, 0) is 0 Å². The predicted molar refractivity (Wildman–Crippen MR) is 285 cm³/mol. The molecule has 0 atom stereocenters. The molecule has 4 aromatic heterocycles. The Labute approximate surface area is 384 Å². The summed E-state index contributed by atoms with van der Waals surface area (Å²) in [6.07, 6.45) is 0. The number of thiophene rings is 2. The summed E-state index contributed by atoms with van der Waals surface area (Å²) in [6, 6.07) is 86.9. The van der Waals surface area contributed by atoms with Crippen LogP contribution in [0, 0.1) is 0 Å². The van der Waals surface area contributed by atoms with Crippen molar-refractivity contribution in [3.63, 3.8) is 0 Å². The Hall–Kier alpha value is -7.54. The Kier molecular flexibility index (Phi) is 8.08. The highest BCUT2D eigenvalue weighted by Gasteiger charge is 2.42. The molecule has 304 valence electrons. The van der Waals surface area contributed by atoms with Crippen LogP contribution in [0.15, 0.2) is 231 Å². The van der Waals surface area contributed by atoms with Crippen LogP contribution in [0.5, 0.6) is 0 Å². The SMILES string of the molecule is c1ccc([Si](c2ccccc2)(c2ccc3sc4ccc(-n5c6ccccc6c6ccccc65)cc4c3c2)c2ccc3sc4ccc(-n5c6ccccc6c6ccccc65)cc4c3c2)cc1. The molecule has 0 saturated carbocycles. The summed E-state index contributed by atoms with van der Waals surface area (Å²) in [5, 5.41) is 15.9. The van der Waals surface area contributed by atoms with Gasteiger partial charge in [-0.15, -0.1) is 22.7 Å². The number of hydrogen-bond donors (Lipinski definition) is 0. The van der Waals surface area contributed by atoms with Crippen molar-refractivity contribution in [1.29, 1.82) is 0 Å². The van der Waals surface area contributed by atoms with Gasteiger partial charge in [0.1, 0.15) is 0 Å². The first-order valence-electron chi connectivity index (χ1n) is 22.2. The fourth-order valence-electron chi connectivity index (χ4n) is 11.1. The van der Waals surface area contributed by atoms with Crippen LogP contribution in [0.2, 0.25) is 0 Å². The smallest absolute Gasteiger partial charge is 0.179 e. The van der Waals surface area contributed by atoms with E-state index in [9.17, 15) is 0 Å². The molecule has 0 aliphatic rings. The molecule has 0 aliphatic heterocycles. The van der Waals surface area contributed by atoms with Gasteiger partial charge in [0.15, 0.2) is 8.07 Å². The topological polar surface area (TPSA) is 9.86 Å². The van der Waals surface area contributed by atoms with E-state index in [0.29, 0.717) is 0 Å². The second kappa shape index (κ2) is 14.2. The average molecular weight is 879 g/mol. The molecule has 0 fully saturated rings. The van der Waals surface area contributed by atoms with Gasteiger partial charge in [0.05, 0.1) is 22.1 Å². The maximum absolute atomic E-state index is 2.94. The third-order valence-corrected chi connectivity index (χ3v) is 20.9. The number of hydrogen-bond acceptors (Lipinski definition) is 2. The third kappa shape index (κ3) is 5.38. The van der Waals surface area contributed by atoms with E-state index in [1.165, 1.54) is 116 Å². The minimum absolute atomic E-state index is 1.18. The standard InChI is InChI=1S/C60H38N2S2Si/c1-3-15-41(16-4-1)65(42-17-5-2-6-18-42,43-29-33-59-51(37-43)49-35-39(27-31-57(49)63-59)61-53-23-11-7-19-45(53)46-20-8-12-24-54(46)61)44-30-34-60-52(38-44)50-36-40(28-32-58(50)64-60)62-55-25-13-9-21-47(55)48-22-10-14-26-56(48)62/h1-38H. The van der Waals surface area contributed by atoms with Crippen molar-refractivity contribution in [2.24, 2.45) is 0 Å². The molecule has 2 nitrogen and oxygen atoms in total. The van der Waals surface area contributed by atoms with Crippen molar-refractivity contribution >= 4 is 135 Å². The van der Waals surface area contributed by atoms with E-state index in [1.807, 2.05) is 22.7 Å². The molecule has 0 aliphatic carbocycles. The van der Waals surface area contributed by atoms with Crippen molar-refractivity contribution in [2.45, 2.75) is 0 Å². The van der Waals surface area contributed by atoms with Gasteiger partial charge < -0.3 is 9.13 Å². The van der Waals surface area contributed by atoms with E-state index in [2.05, 4.69) is 240 Å². The second-order valence-electron chi connectivity index (χ2n) is 17.2.